The van der Waals surface area contributed by atoms with Crippen LogP contribution >= 0.6 is 0 Å². The third-order valence-corrected chi connectivity index (χ3v) is 4.34. The zero-order valence-corrected chi connectivity index (χ0v) is 12.5. The highest BCUT2D eigenvalue weighted by Crippen LogP contribution is 2.32. The van der Waals surface area contributed by atoms with E-state index in [-0.39, 0.29) is 26.3 Å². The first-order valence-electron chi connectivity index (χ1n) is 7.26. The summed E-state index contributed by atoms with van der Waals surface area (Å²) in [6.07, 6.45) is -6.74. The molecule has 6 unspecified atom stereocenters. The second-order valence-electron chi connectivity index (χ2n) is 6.06. The van der Waals surface area contributed by atoms with E-state index in [4.69, 9.17) is 10.2 Å². The van der Waals surface area contributed by atoms with Crippen molar-refractivity contribution in [3.63, 3.8) is 0 Å². The van der Waals surface area contributed by atoms with Crippen LogP contribution in [0.5, 0.6) is 0 Å². The molecule has 0 spiro atoms. The van der Waals surface area contributed by atoms with Gasteiger partial charge in [0.1, 0.15) is 13.3 Å². The summed E-state index contributed by atoms with van der Waals surface area (Å²) >= 11 is 0. The van der Waals surface area contributed by atoms with Crippen LogP contribution in [0.2, 0.25) is 0 Å². The van der Waals surface area contributed by atoms with Gasteiger partial charge in [0.05, 0.1) is 13.2 Å². The summed E-state index contributed by atoms with van der Waals surface area (Å²) < 4.78 is -3.00. The number of quaternary nitrogens is 2. The number of rotatable bonds is 6. The predicted octanol–water partition coefficient (Wildman–Crippen LogP) is -4.62. The molecular weight excluding hydrogens is 316 g/mol. The molecule has 6 atom stereocenters. The van der Waals surface area contributed by atoms with Gasteiger partial charge in [0.15, 0.2) is 12.5 Å². The van der Waals surface area contributed by atoms with E-state index in [1.54, 1.807) is 0 Å². The largest absolute Gasteiger partial charge is 0.626 e. The number of hydroxylamine groups is 6. The summed E-state index contributed by atoms with van der Waals surface area (Å²) in [5.41, 5.74) is 0. The van der Waals surface area contributed by atoms with E-state index in [2.05, 4.69) is 0 Å². The molecule has 2 aliphatic heterocycles. The summed E-state index contributed by atoms with van der Waals surface area (Å²) in [5, 5.41) is 82.8. The van der Waals surface area contributed by atoms with Crippen molar-refractivity contribution in [2.75, 3.05) is 46.3 Å². The molecule has 2 heterocycles. The van der Waals surface area contributed by atoms with Gasteiger partial charge in [0.2, 0.25) is 19.1 Å². The topological polar surface area (TPSA) is 174 Å². The first kappa shape index (κ1) is 18.9. The average Bonchev–Trinajstić information content (AvgIpc) is 2.81. The van der Waals surface area contributed by atoms with Crippen LogP contribution in [0.15, 0.2) is 0 Å². The Hall–Kier alpha value is -0.480. The highest BCUT2D eigenvalue weighted by atomic mass is 16.6. The van der Waals surface area contributed by atoms with Gasteiger partial charge in [-0.3, -0.25) is 9.29 Å². The first-order chi connectivity index (χ1) is 10.7. The van der Waals surface area contributed by atoms with Gasteiger partial charge in [-0.25, -0.2) is 9.80 Å². The molecule has 136 valence electrons. The van der Waals surface area contributed by atoms with E-state index >= 15 is 0 Å². The van der Waals surface area contributed by atoms with E-state index in [0.717, 1.165) is 9.80 Å². The molecule has 0 aromatic carbocycles. The molecule has 2 saturated heterocycles. The Morgan fingerprint density at radius 3 is 1.43 bits per heavy atom. The van der Waals surface area contributed by atoms with E-state index in [1.807, 2.05) is 0 Å². The molecular formula is C11H24N4O8. The van der Waals surface area contributed by atoms with Gasteiger partial charge in [-0.15, -0.1) is 0 Å². The Bertz CT molecular complexity index is 383. The molecule has 2 fully saturated rings. The molecule has 12 nitrogen and oxygen atoms in total. The summed E-state index contributed by atoms with van der Waals surface area (Å²) in [7, 11) is 0. The Kier molecular flexibility index (Phi) is 5.57. The van der Waals surface area contributed by atoms with Crippen LogP contribution in [0.3, 0.4) is 0 Å². The average molecular weight is 340 g/mol. The molecule has 23 heavy (non-hydrogen) atoms. The SMILES string of the molecule is [O-][N+]1(C[N+]2([O-])CN(CCO)C(O)C2O)CN(CCO)C(O)C1O. The van der Waals surface area contributed by atoms with Crippen molar-refractivity contribution >= 4 is 0 Å². The minimum absolute atomic E-state index is 0.0544. The zero-order valence-electron chi connectivity index (χ0n) is 12.5. The number of hydrogen-bond acceptors (Lipinski definition) is 10. The normalized spacial score (nSPS) is 45.9. The van der Waals surface area contributed by atoms with Gasteiger partial charge in [0, 0.05) is 13.1 Å². The van der Waals surface area contributed by atoms with Gasteiger partial charge in [-0.1, -0.05) is 0 Å². The lowest BCUT2D eigenvalue weighted by Gasteiger charge is -2.49. The molecule has 12 heteroatoms. The molecule has 2 aliphatic rings. The van der Waals surface area contributed by atoms with Crippen LogP contribution in [-0.2, 0) is 0 Å². The Balaban J connectivity index is 2.13. The lowest BCUT2D eigenvalue weighted by Crippen LogP contribution is -2.63. The van der Waals surface area contributed by atoms with E-state index in [1.165, 1.54) is 0 Å². The van der Waals surface area contributed by atoms with Gasteiger partial charge in [-0.2, -0.15) is 0 Å². The van der Waals surface area contributed by atoms with Crippen molar-refractivity contribution in [2.45, 2.75) is 24.9 Å². The van der Waals surface area contributed by atoms with Crippen molar-refractivity contribution in [1.82, 2.24) is 9.80 Å². The summed E-state index contributed by atoms with van der Waals surface area (Å²) in [5.74, 6) is 0. The fourth-order valence-electron chi connectivity index (χ4n) is 3.14. The van der Waals surface area contributed by atoms with Crippen molar-refractivity contribution in [3.8, 4) is 0 Å². The van der Waals surface area contributed by atoms with Crippen molar-refractivity contribution in [1.29, 1.82) is 0 Å². The van der Waals surface area contributed by atoms with Crippen LogP contribution < -0.4 is 0 Å². The van der Waals surface area contributed by atoms with E-state index in [9.17, 15) is 30.8 Å². The number of hydrogen-bond donors (Lipinski definition) is 6. The minimum atomic E-state index is -1.83. The van der Waals surface area contributed by atoms with Crippen molar-refractivity contribution in [3.05, 3.63) is 10.4 Å². The Morgan fingerprint density at radius 2 is 1.13 bits per heavy atom. The highest BCUT2D eigenvalue weighted by Gasteiger charge is 2.54. The fourth-order valence-corrected chi connectivity index (χ4v) is 3.14. The van der Waals surface area contributed by atoms with Crippen molar-refractivity contribution in [2.24, 2.45) is 0 Å². The monoisotopic (exact) mass is 340 g/mol. The standard InChI is InChI=1S/C11H24N4O8/c16-3-1-12-5-14(22,10(20)8(12)18)7-15(23)6-13(2-4-17)9(19)11(15)21/h8-11,16-21H,1-7H2. The third kappa shape index (κ3) is 3.34. The molecule has 0 aromatic rings. The van der Waals surface area contributed by atoms with Crippen LogP contribution in [0.4, 0.5) is 0 Å². The van der Waals surface area contributed by atoms with Crippen LogP contribution in [0, 0.1) is 10.4 Å². The maximum Gasteiger partial charge on any atom is 0.236 e. The smallest absolute Gasteiger partial charge is 0.236 e. The number of aliphatic hydroxyl groups is 6. The van der Waals surface area contributed by atoms with Gasteiger partial charge < -0.3 is 41.1 Å². The number of β-amino-alcohol motifs (C(OH)–C–C–N with tert-alkyl or cyclic N) is 2. The van der Waals surface area contributed by atoms with Crippen LogP contribution in [0.25, 0.3) is 0 Å². The molecule has 0 saturated carbocycles. The molecule has 0 aliphatic carbocycles. The summed E-state index contributed by atoms with van der Waals surface area (Å²) in [4.78, 5) is 2.27. The van der Waals surface area contributed by atoms with Crippen LogP contribution in [0.1, 0.15) is 0 Å². The minimum Gasteiger partial charge on any atom is -0.626 e. The lowest BCUT2D eigenvalue weighted by molar-refractivity contribution is -1.09. The molecule has 0 radical (unpaired) electrons. The first-order valence-corrected chi connectivity index (χ1v) is 7.26. The van der Waals surface area contributed by atoms with Crippen LogP contribution in [-0.4, -0.2) is 121 Å². The third-order valence-electron chi connectivity index (χ3n) is 4.34. The van der Waals surface area contributed by atoms with E-state index in [0.29, 0.717) is 0 Å². The summed E-state index contributed by atoms with van der Waals surface area (Å²) in [6.45, 7) is -2.50. The van der Waals surface area contributed by atoms with E-state index < -0.39 is 54.2 Å². The molecule has 2 rings (SSSR count). The molecule has 0 bridgehead atoms. The second kappa shape index (κ2) is 6.79. The van der Waals surface area contributed by atoms with Gasteiger partial charge >= 0.3 is 0 Å². The second-order valence-corrected chi connectivity index (χ2v) is 6.06. The Morgan fingerprint density at radius 1 is 0.783 bits per heavy atom. The Labute approximate surface area is 132 Å². The van der Waals surface area contributed by atoms with Gasteiger partial charge in [0.25, 0.3) is 0 Å². The highest BCUT2D eigenvalue weighted by molar-refractivity contribution is 4.73. The maximum atomic E-state index is 12.7. The lowest BCUT2D eigenvalue weighted by atomic mass is 10.4. The fraction of sp³-hybridized carbons (Fsp3) is 1.00. The molecule has 0 amide bonds. The molecule has 6 N–H and O–H groups in total. The maximum absolute atomic E-state index is 12.7. The zero-order chi connectivity index (χ0) is 17.4. The molecule has 0 aromatic heterocycles. The quantitative estimate of drug-likeness (QED) is 0.204. The predicted molar refractivity (Wildman–Crippen MR) is 73.5 cm³/mol. The van der Waals surface area contributed by atoms with Gasteiger partial charge in [-0.05, 0) is 0 Å². The number of aliphatic hydroxyl groups excluding tert-OH is 6. The number of nitrogens with zero attached hydrogens (tertiary/aromatic N) is 4. The summed E-state index contributed by atoms with van der Waals surface area (Å²) in [6, 6.07) is 0. The van der Waals surface area contributed by atoms with Crippen molar-refractivity contribution < 1.29 is 39.9 Å².